The number of anilines is 1. The lowest BCUT2D eigenvalue weighted by atomic mass is 9.76. The zero-order valence-corrected chi connectivity index (χ0v) is 17.2. The highest BCUT2D eigenvalue weighted by molar-refractivity contribution is 5.85. The maximum absolute atomic E-state index is 14.2. The highest BCUT2D eigenvalue weighted by Gasteiger charge is 2.33. The smallest absolute Gasteiger partial charge is 0.412 e. The normalized spacial score (nSPS) is 13.0. The molecule has 0 radical (unpaired) electrons. The molecule has 0 aliphatic rings. The SMILES string of the molecule is COc1ccccc1C(O)C(C)(C)c1ccc(F)c(NC(=O)OC(C)(C)C)c1. The molecule has 152 valence electrons. The van der Waals surface area contributed by atoms with Gasteiger partial charge in [-0.3, -0.25) is 5.32 Å². The number of ether oxygens (including phenoxy) is 2. The molecule has 0 bridgehead atoms. The van der Waals surface area contributed by atoms with E-state index in [4.69, 9.17) is 9.47 Å². The molecule has 0 spiro atoms. The van der Waals surface area contributed by atoms with Crippen LogP contribution in [0.3, 0.4) is 0 Å². The van der Waals surface area contributed by atoms with Crippen LogP contribution in [0, 0.1) is 5.82 Å². The summed E-state index contributed by atoms with van der Waals surface area (Å²) >= 11 is 0. The van der Waals surface area contributed by atoms with E-state index in [0.29, 0.717) is 16.9 Å². The first-order valence-electron chi connectivity index (χ1n) is 9.06. The van der Waals surface area contributed by atoms with Crippen molar-refractivity contribution in [3.05, 3.63) is 59.4 Å². The van der Waals surface area contributed by atoms with Gasteiger partial charge in [-0.15, -0.1) is 0 Å². The number of para-hydroxylation sites is 1. The molecule has 1 amide bonds. The van der Waals surface area contributed by atoms with Crippen molar-refractivity contribution in [2.24, 2.45) is 0 Å². The van der Waals surface area contributed by atoms with E-state index in [1.807, 2.05) is 26.0 Å². The number of benzene rings is 2. The van der Waals surface area contributed by atoms with E-state index in [9.17, 15) is 14.3 Å². The average Bonchev–Trinajstić information content (AvgIpc) is 2.61. The fraction of sp³-hybridized carbons (Fsp3) is 0.409. The summed E-state index contributed by atoms with van der Waals surface area (Å²) in [5.74, 6) is -0.0190. The summed E-state index contributed by atoms with van der Waals surface area (Å²) in [7, 11) is 1.54. The first kappa shape index (κ1) is 21.7. The Morgan fingerprint density at radius 3 is 2.36 bits per heavy atom. The van der Waals surface area contributed by atoms with Gasteiger partial charge in [-0.1, -0.05) is 38.1 Å². The van der Waals surface area contributed by atoms with Crippen LogP contribution in [0.25, 0.3) is 0 Å². The summed E-state index contributed by atoms with van der Waals surface area (Å²) in [6.07, 6.45) is -1.66. The van der Waals surface area contributed by atoms with Gasteiger partial charge in [-0.05, 0) is 44.5 Å². The van der Waals surface area contributed by atoms with Crippen LogP contribution >= 0.6 is 0 Å². The van der Waals surface area contributed by atoms with Crippen molar-refractivity contribution in [1.82, 2.24) is 0 Å². The largest absolute Gasteiger partial charge is 0.496 e. The third kappa shape index (κ3) is 5.01. The maximum atomic E-state index is 14.2. The molecular formula is C22H28FNO4. The number of aliphatic hydroxyl groups is 1. The molecule has 1 unspecified atom stereocenters. The molecule has 0 fully saturated rings. The third-order valence-corrected chi connectivity index (χ3v) is 4.46. The first-order valence-corrected chi connectivity index (χ1v) is 9.06. The van der Waals surface area contributed by atoms with Crippen molar-refractivity contribution in [2.75, 3.05) is 12.4 Å². The van der Waals surface area contributed by atoms with Gasteiger partial charge < -0.3 is 14.6 Å². The number of hydrogen-bond donors (Lipinski definition) is 2. The summed E-state index contributed by atoms with van der Waals surface area (Å²) in [4.78, 5) is 12.0. The Hall–Kier alpha value is -2.60. The Morgan fingerprint density at radius 2 is 1.75 bits per heavy atom. The van der Waals surface area contributed by atoms with Gasteiger partial charge in [0.25, 0.3) is 0 Å². The predicted octanol–water partition coefficient (Wildman–Crippen LogP) is 5.19. The molecule has 2 aromatic rings. The van der Waals surface area contributed by atoms with E-state index < -0.39 is 29.0 Å². The lowest BCUT2D eigenvalue weighted by Crippen LogP contribution is -2.29. The second kappa shape index (κ2) is 8.19. The van der Waals surface area contributed by atoms with Gasteiger partial charge >= 0.3 is 6.09 Å². The van der Waals surface area contributed by atoms with E-state index in [2.05, 4.69) is 5.32 Å². The number of rotatable bonds is 5. The maximum Gasteiger partial charge on any atom is 0.412 e. The Morgan fingerprint density at radius 1 is 1.11 bits per heavy atom. The summed E-state index contributed by atoms with van der Waals surface area (Å²) in [6, 6.07) is 11.6. The molecule has 0 aliphatic carbocycles. The second-order valence-electron chi connectivity index (χ2n) is 8.19. The highest BCUT2D eigenvalue weighted by Crippen LogP contribution is 2.41. The molecule has 0 saturated heterocycles. The summed E-state index contributed by atoms with van der Waals surface area (Å²) < 4.78 is 24.8. The number of halogens is 1. The van der Waals surface area contributed by atoms with Crippen molar-refractivity contribution in [1.29, 1.82) is 0 Å². The second-order valence-corrected chi connectivity index (χ2v) is 8.19. The molecule has 2 N–H and O–H groups in total. The van der Waals surface area contributed by atoms with Crippen LogP contribution in [-0.4, -0.2) is 23.9 Å². The number of carbonyl (C=O) groups excluding carboxylic acids is 1. The van der Waals surface area contributed by atoms with Crippen molar-refractivity contribution in [3.63, 3.8) is 0 Å². The molecule has 2 aromatic carbocycles. The van der Waals surface area contributed by atoms with Gasteiger partial charge in [0.1, 0.15) is 17.2 Å². The molecule has 0 aliphatic heterocycles. The minimum atomic E-state index is -0.913. The highest BCUT2D eigenvalue weighted by atomic mass is 19.1. The van der Waals surface area contributed by atoms with Gasteiger partial charge in [0.2, 0.25) is 0 Å². The van der Waals surface area contributed by atoms with Gasteiger partial charge in [0.15, 0.2) is 0 Å². The first-order chi connectivity index (χ1) is 13.0. The Labute approximate surface area is 165 Å². The van der Waals surface area contributed by atoms with Crippen molar-refractivity contribution < 1.29 is 23.8 Å². The number of aliphatic hydroxyl groups excluding tert-OH is 1. The van der Waals surface area contributed by atoms with Gasteiger partial charge in [-0.25, -0.2) is 9.18 Å². The van der Waals surface area contributed by atoms with Gasteiger partial charge in [0, 0.05) is 11.0 Å². The monoisotopic (exact) mass is 389 g/mol. The number of carbonyl (C=O) groups is 1. The number of nitrogens with one attached hydrogen (secondary N) is 1. The number of methoxy groups -OCH3 is 1. The molecule has 0 heterocycles. The fourth-order valence-electron chi connectivity index (χ4n) is 2.87. The van der Waals surface area contributed by atoms with Crippen LogP contribution in [0.15, 0.2) is 42.5 Å². The van der Waals surface area contributed by atoms with Crippen molar-refractivity contribution in [3.8, 4) is 5.75 Å². The molecule has 2 rings (SSSR count). The topological polar surface area (TPSA) is 67.8 Å². The van der Waals surface area contributed by atoms with E-state index in [-0.39, 0.29) is 5.69 Å². The Balaban J connectivity index is 2.34. The van der Waals surface area contributed by atoms with Gasteiger partial charge in [-0.2, -0.15) is 0 Å². The average molecular weight is 389 g/mol. The fourth-order valence-corrected chi connectivity index (χ4v) is 2.87. The van der Waals surface area contributed by atoms with Crippen molar-refractivity contribution >= 4 is 11.8 Å². The van der Waals surface area contributed by atoms with Crippen LogP contribution in [0.4, 0.5) is 14.9 Å². The molecular weight excluding hydrogens is 361 g/mol. The number of hydrogen-bond acceptors (Lipinski definition) is 4. The Bertz CT molecular complexity index is 843. The quantitative estimate of drug-likeness (QED) is 0.738. The predicted molar refractivity (Wildman–Crippen MR) is 107 cm³/mol. The lowest BCUT2D eigenvalue weighted by molar-refractivity contribution is 0.0635. The molecule has 0 saturated carbocycles. The van der Waals surface area contributed by atoms with Crippen LogP contribution in [0.5, 0.6) is 5.75 Å². The van der Waals surface area contributed by atoms with Crippen LogP contribution in [0.2, 0.25) is 0 Å². The van der Waals surface area contributed by atoms with Crippen LogP contribution < -0.4 is 10.1 Å². The number of amides is 1. The minimum Gasteiger partial charge on any atom is -0.496 e. The molecule has 5 nitrogen and oxygen atoms in total. The molecule has 1 atom stereocenters. The van der Waals surface area contributed by atoms with E-state index >= 15 is 0 Å². The minimum absolute atomic E-state index is 0.00736. The van der Waals surface area contributed by atoms with E-state index in [1.165, 1.54) is 12.1 Å². The zero-order chi connectivity index (χ0) is 21.1. The summed E-state index contributed by atoms with van der Waals surface area (Å²) in [5, 5.41) is 13.5. The van der Waals surface area contributed by atoms with Gasteiger partial charge in [0.05, 0.1) is 18.9 Å². The summed E-state index contributed by atoms with van der Waals surface area (Å²) in [6.45, 7) is 8.87. The zero-order valence-electron chi connectivity index (χ0n) is 17.2. The Kier molecular flexibility index (Phi) is 6.34. The van der Waals surface area contributed by atoms with E-state index in [1.54, 1.807) is 46.1 Å². The third-order valence-electron chi connectivity index (χ3n) is 4.46. The molecule has 0 aromatic heterocycles. The van der Waals surface area contributed by atoms with Crippen molar-refractivity contribution in [2.45, 2.75) is 51.7 Å². The van der Waals surface area contributed by atoms with Crippen LogP contribution in [0.1, 0.15) is 51.8 Å². The summed E-state index contributed by atoms with van der Waals surface area (Å²) in [5.41, 5.74) is -0.212. The molecule has 28 heavy (non-hydrogen) atoms. The van der Waals surface area contributed by atoms with E-state index in [0.717, 1.165) is 0 Å². The standard InChI is InChI=1S/C22H28FNO4/c1-21(2,3)28-20(26)24-17-13-14(11-12-16(17)23)22(4,5)19(25)15-9-7-8-10-18(15)27-6/h7-13,19,25H,1-6H3,(H,24,26). The lowest BCUT2D eigenvalue weighted by Gasteiger charge is -2.32. The van der Waals surface area contributed by atoms with Crippen LogP contribution in [-0.2, 0) is 10.2 Å². The molecule has 6 heteroatoms.